The summed E-state index contributed by atoms with van der Waals surface area (Å²) in [5.41, 5.74) is 1.87. The van der Waals surface area contributed by atoms with Gasteiger partial charge in [0.2, 0.25) is 5.95 Å². The highest BCUT2D eigenvalue weighted by Gasteiger charge is 2.35. The lowest BCUT2D eigenvalue weighted by atomic mass is 9.93. The summed E-state index contributed by atoms with van der Waals surface area (Å²) in [4.78, 5) is 28.9. The fourth-order valence-electron chi connectivity index (χ4n) is 3.72. The van der Waals surface area contributed by atoms with E-state index in [2.05, 4.69) is 25.6 Å². The number of anilines is 2. The van der Waals surface area contributed by atoms with Crippen molar-refractivity contribution in [2.75, 3.05) is 30.5 Å². The molecule has 186 valence electrons. The summed E-state index contributed by atoms with van der Waals surface area (Å²) in [6, 6.07) is 6.30. The number of nitrogens with one attached hydrogen (secondary N) is 2. The number of carbonyl (C=O) groups excluding carboxylic acids is 2. The van der Waals surface area contributed by atoms with Gasteiger partial charge < -0.3 is 20.3 Å². The summed E-state index contributed by atoms with van der Waals surface area (Å²) in [6.07, 6.45) is 4.11. The van der Waals surface area contributed by atoms with E-state index in [1.807, 2.05) is 25.3 Å². The third-order valence-electron chi connectivity index (χ3n) is 5.09. The van der Waals surface area contributed by atoms with Gasteiger partial charge in [-0.2, -0.15) is 0 Å². The van der Waals surface area contributed by atoms with Gasteiger partial charge in [0.25, 0.3) is 5.91 Å². The molecule has 3 aromatic heterocycles. The Kier molecular flexibility index (Phi) is 10.9. The topological polar surface area (TPSA) is 91.6 Å². The number of rotatable bonds is 3. The molecule has 11 heteroatoms. The number of nitrogens with zero attached hydrogens (tertiary/aromatic N) is 4. The van der Waals surface area contributed by atoms with Gasteiger partial charge in [0.05, 0.1) is 24.6 Å². The van der Waals surface area contributed by atoms with Crippen molar-refractivity contribution in [1.29, 1.82) is 0 Å². The van der Waals surface area contributed by atoms with Gasteiger partial charge in [-0.1, -0.05) is 25.4 Å². The van der Waals surface area contributed by atoms with E-state index >= 15 is 0 Å². The van der Waals surface area contributed by atoms with E-state index in [4.69, 9.17) is 11.6 Å². The predicted octanol–water partition coefficient (Wildman–Crippen LogP) is 4.84. The first-order valence-corrected chi connectivity index (χ1v) is 12.4. The van der Waals surface area contributed by atoms with Gasteiger partial charge in [0, 0.05) is 25.2 Å². The molecule has 0 aromatic carbocycles. The molecule has 0 aliphatic carbocycles. The zero-order chi connectivity index (χ0) is 25.3. The average Bonchev–Trinajstić information content (AvgIpc) is 3.47. The summed E-state index contributed by atoms with van der Waals surface area (Å²) >= 11 is 7.47. The lowest BCUT2D eigenvalue weighted by molar-refractivity contribution is -0.115. The van der Waals surface area contributed by atoms with Crippen LogP contribution in [-0.4, -0.2) is 58.6 Å². The monoisotopic (exact) mass is 510 g/mol. The van der Waals surface area contributed by atoms with Gasteiger partial charge in [-0.3, -0.25) is 9.18 Å². The first kappa shape index (κ1) is 27.7. The number of thiophene rings is 1. The minimum Gasteiger partial charge on any atom is -0.334 e. The number of halogens is 2. The Hall–Kier alpha value is -2.56. The second-order valence-corrected chi connectivity index (χ2v) is 9.09. The summed E-state index contributed by atoms with van der Waals surface area (Å²) in [5, 5.41) is 12.9. The van der Waals surface area contributed by atoms with Crippen LogP contribution in [0.2, 0.25) is 4.34 Å². The normalized spacial score (nSPS) is 18.0. The van der Waals surface area contributed by atoms with Crippen LogP contribution in [0.5, 0.6) is 0 Å². The molecule has 0 spiro atoms. The summed E-state index contributed by atoms with van der Waals surface area (Å²) in [5.74, 6) is 0.601. The fraction of sp³-hybridized carbons (Fsp3) is 0.478. The molecule has 6 heterocycles. The molecule has 2 N–H and O–H groups in total. The van der Waals surface area contributed by atoms with Crippen molar-refractivity contribution in [2.24, 2.45) is 0 Å². The Morgan fingerprint density at radius 3 is 2.44 bits per heavy atom. The van der Waals surface area contributed by atoms with Crippen LogP contribution in [0.3, 0.4) is 0 Å². The van der Waals surface area contributed by atoms with Crippen molar-refractivity contribution < 1.29 is 14.0 Å². The van der Waals surface area contributed by atoms with Gasteiger partial charge in [-0.05, 0) is 50.3 Å². The van der Waals surface area contributed by atoms with Crippen molar-refractivity contribution in [3.63, 3.8) is 0 Å². The third kappa shape index (κ3) is 6.74. The highest BCUT2D eigenvalue weighted by Crippen LogP contribution is 2.29. The van der Waals surface area contributed by atoms with Crippen LogP contribution in [-0.2, 0) is 4.79 Å². The smallest absolute Gasteiger partial charge is 0.274 e. The summed E-state index contributed by atoms with van der Waals surface area (Å²) < 4.78 is 11.7. The Balaban J connectivity index is 0.000000456. The van der Waals surface area contributed by atoms with Gasteiger partial charge in [-0.25, -0.2) is 9.50 Å². The highest BCUT2D eigenvalue weighted by molar-refractivity contribution is 7.15. The number of piperazine rings is 1. The number of aromatic nitrogens is 3. The molecular weight excluding hydrogens is 479 g/mol. The van der Waals surface area contributed by atoms with Crippen LogP contribution in [0.25, 0.3) is 5.52 Å². The first-order valence-electron chi connectivity index (χ1n) is 11.2. The maximum absolute atomic E-state index is 12.7. The number of fused-ring (bicyclic) bond motifs is 4. The molecule has 2 unspecified atom stereocenters. The van der Waals surface area contributed by atoms with E-state index in [1.54, 1.807) is 22.8 Å². The average molecular weight is 511 g/mol. The first-order chi connectivity index (χ1) is 16.4. The summed E-state index contributed by atoms with van der Waals surface area (Å²) in [7, 11) is 0.500. The van der Waals surface area contributed by atoms with Crippen molar-refractivity contribution in [2.45, 2.75) is 52.6 Å². The molecule has 3 aliphatic rings. The molecule has 8 nitrogen and oxygen atoms in total. The molecule has 1 amide bonds. The maximum Gasteiger partial charge on any atom is 0.274 e. The van der Waals surface area contributed by atoms with E-state index in [-0.39, 0.29) is 11.7 Å². The van der Waals surface area contributed by atoms with Crippen molar-refractivity contribution in [3.05, 3.63) is 39.8 Å². The molecule has 0 saturated carbocycles. The number of Topliss-reactive ketones (excluding diaryl/α,β-unsaturated/α-hetero) is 1. The van der Waals surface area contributed by atoms with E-state index in [1.165, 1.54) is 31.6 Å². The molecule has 3 fully saturated rings. The molecular formula is C23H32ClFN6O2S. The molecule has 3 aliphatic heterocycles. The van der Waals surface area contributed by atoms with Crippen molar-refractivity contribution >= 4 is 51.8 Å². The van der Waals surface area contributed by atoms with Gasteiger partial charge in [-0.15, -0.1) is 16.4 Å². The van der Waals surface area contributed by atoms with Gasteiger partial charge in [0.15, 0.2) is 0 Å². The van der Waals surface area contributed by atoms with Crippen LogP contribution in [0, 0.1) is 0 Å². The SMILES string of the molecule is CC.CC(C)=O.CF.O=C(Nc1ccsc1Cl)c1ccc2cnc(N3CC4CCC3CN4)nn12. The predicted molar refractivity (Wildman–Crippen MR) is 137 cm³/mol. The van der Waals surface area contributed by atoms with E-state index in [0.717, 1.165) is 25.0 Å². The van der Waals surface area contributed by atoms with Crippen LogP contribution >= 0.6 is 22.9 Å². The number of amides is 1. The fourth-order valence-corrected chi connectivity index (χ4v) is 4.55. The number of piperidine rings is 2. The Morgan fingerprint density at radius 1 is 1.21 bits per heavy atom. The van der Waals surface area contributed by atoms with Crippen LogP contribution in [0.1, 0.15) is 51.0 Å². The molecule has 3 saturated heterocycles. The molecule has 2 bridgehead atoms. The van der Waals surface area contributed by atoms with Gasteiger partial charge >= 0.3 is 0 Å². The molecule has 6 rings (SSSR count). The molecule has 3 aromatic rings. The Labute approximate surface area is 208 Å². The van der Waals surface area contributed by atoms with Crippen LogP contribution in [0.4, 0.5) is 16.0 Å². The second kappa shape index (κ2) is 13.4. The molecule has 34 heavy (non-hydrogen) atoms. The van der Waals surface area contributed by atoms with Crippen LogP contribution < -0.4 is 15.5 Å². The Morgan fingerprint density at radius 2 is 1.91 bits per heavy atom. The minimum absolute atomic E-state index is 0.167. The van der Waals surface area contributed by atoms with Crippen LogP contribution in [0.15, 0.2) is 29.8 Å². The molecule has 2 atom stereocenters. The lowest BCUT2D eigenvalue weighted by Gasteiger charge is -2.45. The largest absolute Gasteiger partial charge is 0.334 e. The maximum atomic E-state index is 12.7. The summed E-state index contributed by atoms with van der Waals surface area (Å²) in [6.45, 7) is 8.92. The van der Waals surface area contributed by atoms with E-state index < -0.39 is 0 Å². The van der Waals surface area contributed by atoms with E-state index in [9.17, 15) is 14.0 Å². The van der Waals surface area contributed by atoms with Crippen molar-refractivity contribution in [1.82, 2.24) is 19.9 Å². The number of carbonyl (C=O) groups is 2. The number of hydrogen-bond acceptors (Lipinski definition) is 7. The highest BCUT2D eigenvalue weighted by atomic mass is 35.5. The second-order valence-electron chi connectivity index (χ2n) is 7.57. The van der Waals surface area contributed by atoms with E-state index in [0.29, 0.717) is 40.9 Å². The zero-order valence-electron chi connectivity index (χ0n) is 20.1. The van der Waals surface area contributed by atoms with Crippen molar-refractivity contribution in [3.8, 4) is 0 Å². The number of hydrogen-bond donors (Lipinski definition) is 2. The lowest BCUT2D eigenvalue weighted by Crippen LogP contribution is -2.61. The third-order valence-corrected chi connectivity index (χ3v) is 6.26. The standard InChI is InChI=1S/C17H17ClN6OS.C3H6O.C2H6.CH3F/c18-15-13(5-6-26-15)21-16(25)14-4-3-12-8-20-17(22-24(12)14)23-9-10-1-2-11(23)7-19-10;1-3(2)4;2*1-2/h3-6,8,10-11,19H,1-2,7,9H2,(H,21,25);1-2H3;1-2H3;1H3. The Bertz CT molecular complexity index is 1080. The van der Waals surface area contributed by atoms with Gasteiger partial charge in [0.1, 0.15) is 15.8 Å². The number of alkyl halides is 1. The quantitative estimate of drug-likeness (QED) is 0.523. The zero-order valence-corrected chi connectivity index (χ0v) is 21.7. The number of ketones is 1. The molecule has 0 radical (unpaired) electrons. The minimum atomic E-state index is -0.239.